The zero-order valence-corrected chi connectivity index (χ0v) is 13.0. The molecule has 0 unspecified atom stereocenters. The summed E-state index contributed by atoms with van der Waals surface area (Å²) in [7, 11) is 0. The highest BCUT2D eigenvalue weighted by molar-refractivity contribution is 6.52. The van der Waals surface area contributed by atoms with E-state index in [4.69, 9.17) is 0 Å². The van der Waals surface area contributed by atoms with Crippen molar-refractivity contribution in [2.24, 2.45) is 0 Å². The van der Waals surface area contributed by atoms with Gasteiger partial charge in [0.15, 0.2) is 0 Å². The van der Waals surface area contributed by atoms with Crippen molar-refractivity contribution in [1.29, 1.82) is 0 Å². The van der Waals surface area contributed by atoms with E-state index < -0.39 is 17.6 Å². The molecule has 0 saturated heterocycles. The zero-order valence-electron chi connectivity index (χ0n) is 13.0. The van der Waals surface area contributed by atoms with Gasteiger partial charge in [0.05, 0.1) is 17.3 Å². The lowest BCUT2D eigenvalue weighted by atomic mass is 10.1. The molecule has 0 aliphatic carbocycles. The molecule has 2 amide bonds. The summed E-state index contributed by atoms with van der Waals surface area (Å²) in [6.07, 6.45) is 0. The quantitative estimate of drug-likeness (QED) is 0.876. The second-order valence-corrected chi connectivity index (χ2v) is 5.58. The topological polar surface area (TPSA) is 66.5 Å². The van der Waals surface area contributed by atoms with Crippen LogP contribution in [0.5, 0.6) is 0 Å². The third-order valence-electron chi connectivity index (χ3n) is 3.93. The van der Waals surface area contributed by atoms with Crippen LogP contribution in [-0.2, 0) is 9.59 Å². The minimum atomic E-state index is -0.708. The van der Waals surface area contributed by atoms with Crippen LogP contribution in [-0.4, -0.2) is 24.1 Å². The Morgan fingerprint density at radius 3 is 2.50 bits per heavy atom. The fraction of sp³-hybridized carbons (Fsp3) is 0.167. The Labute approximate surface area is 138 Å². The molecular formula is C18H15FN2O3. The number of anilines is 1. The van der Waals surface area contributed by atoms with E-state index in [2.05, 4.69) is 5.32 Å². The van der Waals surface area contributed by atoms with Gasteiger partial charge >= 0.3 is 0 Å². The Bertz CT molecular complexity index is 817. The highest BCUT2D eigenvalue weighted by Crippen LogP contribution is 2.28. The van der Waals surface area contributed by atoms with Crippen LogP contribution in [0.4, 0.5) is 10.1 Å². The van der Waals surface area contributed by atoms with Gasteiger partial charge in [-0.15, -0.1) is 0 Å². The van der Waals surface area contributed by atoms with E-state index in [0.717, 1.165) is 5.56 Å². The molecule has 0 radical (unpaired) electrons. The maximum absolute atomic E-state index is 12.9. The van der Waals surface area contributed by atoms with Crippen molar-refractivity contribution in [1.82, 2.24) is 5.32 Å². The molecule has 0 spiro atoms. The number of nitrogens with zero attached hydrogens (tertiary/aromatic N) is 1. The molecule has 5 nitrogen and oxygen atoms in total. The second-order valence-electron chi connectivity index (χ2n) is 5.58. The number of halogens is 1. The van der Waals surface area contributed by atoms with Crippen LogP contribution in [0.1, 0.15) is 28.9 Å². The Morgan fingerprint density at radius 1 is 1.12 bits per heavy atom. The Balaban J connectivity index is 1.70. The van der Waals surface area contributed by atoms with Gasteiger partial charge in [0.25, 0.3) is 11.7 Å². The van der Waals surface area contributed by atoms with E-state index in [0.29, 0.717) is 11.3 Å². The monoisotopic (exact) mass is 326 g/mol. The first-order chi connectivity index (χ1) is 11.5. The number of fused-ring (bicyclic) bond motifs is 1. The van der Waals surface area contributed by atoms with Gasteiger partial charge in [-0.05, 0) is 36.8 Å². The van der Waals surface area contributed by atoms with Crippen LogP contribution in [0.15, 0.2) is 48.5 Å². The highest BCUT2D eigenvalue weighted by Gasteiger charge is 2.36. The van der Waals surface area contributed by atoms with Crippen LogP contribution in [0.25, 0.3) is 0 Å². The van der Waals surface area contributed by atoms with Crippen molar-refractivity contribution < 1.29 is 18.8 Å². The van der Waals surface area contributed by atoms with Gasteiger partial charge in [-0.1, -0.05) is 24.3 Å². The van der Waals surface area contributed by atoms with Crippen molar-refractivity contribution in [3.8, 4) is 0 Å². The van der Waals surface area contributed by atoms with E-state index in [1.807, 2.05) is 0 Å². The minimum Gasteiger partial charge on any atom is -0.348 e. The van der Waals surface area contributed by atoms with Crippen LogP contribution < -0.4 is 10.2 Å². The number of para-hydroxylation sites is 1. The van der Waals surface area contributed by atoms with Gasteiger partial charge in [0.2, 0.25) is 5.91 Å². The summed E-state index contributed by atoms with van der Waals surface area (Å²) in [5.74, 6) is -2.06. The van der Waals surface area contributed by atoms with Gasteiger partial charge in [0, 0.05) is 0 Å². The van der Waals surface area contributed by atoms with Gasteiger partial charge in [-0.25, -0.2) is 4.39 Å². The van der Waals surface area contributed by atoms with Crippen LogP contribution >= 0.6 is 0 Å². The largest absolute Gasteiger partial charge is 0.348 e. The first-order valence-electron chi connectivity index (χ1n) is 7.47. The summed E-state index contributed by atoms with van der Waals surface area (Å²) >= 11 is 0. The third-order valence-corrected chi connectivity index (χ3v) is 3.93. The van der Waals surface area contributed by atoms with Gasteiger partial charge in [-0.2, -0.15) is 0 Å². The van der Waals surface area contributed by atoms with E-state index in [9.17, 15) is 18.8 Å². The number of benzene rings is 2. The maximum Gasteiger partial charge on any atom is 0.299 e. The Kier molecular flexibility index (Phi) is 4.12. The molecule has 0 aromatic heterocycles. The number of Topliss-reactive ketones (excluding diaryl/α,β-unsaturated/α-hetero) is 1. The normalized spacial score (nSPS) is 14.5. The molecule has 1 aliphatic heterocycles. The molecule has 3 rings (SSSR count). The molecule has 2 aromatic rings. The number of hydrogen-bond donors (Lipinski definition) is 1. The predicted octanol–water partition coefficient (Wildman–Crippen LogP) is 2.23. The van der Waals surface area contributed by atoms with Gasteiger partial charge in [0.1, 0.15) is 12.4 Å². The smallest absolute Gasteiger partial charge is 0.299 e. The molecule has 6 heteroatoms. The summed E-state index contributed by atoms with van der Waals surface area (Å²) in [4.78, 5) is 37.3. The molecule has 0 bridgehead atoms. The predicted molar refractivity (Wildman–Crippen MR) is 86.1 cm³/mol. The highest BCUT2D eigenvalue weighted by atomic mass is 19.1. The molecule has 1 aliphatic rings. The molecular weight excluding hydrogens is 311 g/mol. The first kappa shape index (κ1) is 15.9. The number of carbonyl (C=O) groups is 3. The number of carbonyl (C=O) groups excluding carboxylic acids is 3. The van der Waals surface area contributed by atoms with E-state index >= 15 is 0 Å². The molecule has 24 heavy (non-hydrogen) atoms. The van der Waals surface area contributed by atoms with Gasteiger partial charge < -0.3 is 5.32 Å². The lowest BCUT2D eigenvalue weighted by Gasteiger charge is -2.19. The lowest BCUT2D eigenvalue weighted by Crippen LogP contribution is -2.40. The first-order valence-corrected chi connectivity index (χ1v) is 7.47. The summed E-state index contributed by atoms with van der Waals surface area (Å²) in [5.41, 5.74) is 1.49. The van der Waals surface area contributed by atoms with Crippen LogP contribution in [0, 0.1) is 5.82 Å². The molecule has 0 fully saturated rings. The minimum absolute atomic E-state index is 0.243. The second kappa shape index (κ2) is 6.23. The van der Waals surface area contributed by atoms with Crippen LogP contribution in [0.2, 0.25) is 0 Å². The molecule has 0 saturated carbocycles. The number of ketones is 1. The van der Waals surface area contributed by atoms with Crippen molar-refractivity contribution in [3.63, 3.8) is 0 Å². The number of rotatable bonds is 4. The molecule has 1 N–H and O–H groups in total. The van der Waals surface area contributed by atoms with Crippen molar-refractivity contribution in [2.45, 2.75) is 13.0 Å². The van der Waals surface area contributed by atoms with E-state index in [1.54, 1.807) is 43.3 Å². The molecule has 2 aromatic carbocycles. The SMILES string of the molecule is C[C@@H](NC(=O)CN1C(=O)C(=O)c2ccccc21)c1ccc(F)cc1. The fourth-order valence-corrected chi connectivity index (χ4v) is 2.67. The van der Waals surface area contributed by atoms with Crippen LogP contribution in [0.3, 0.4) is 0 Å². The van der Waals surface area contributed by atoms with Crippen molar-refractivity contribution in [3.05, 3.63) is 65.5 Å². The van der Waals surface area contributed by atoms with Gasteiger partial charge in [-0.3, -0.25) is 19.3 Å². The Hall–Kier alpha value is -3.02. The van der Waals surface area contributed by atoms with Crippen molar-refractivity contribution in [2.75, 3.05) is 11.4 Å². The fourth-order valence-electron chi connectivity index (χ4n) is 2.67. The number of hydrogen-bond acceptors (Lipinski definition) is 3. The molecule has 122 valence electrons. The number of amides is 2. The average molecular weight is 326 g/mol. The van der Waals surface area contributed by atoms with E-state index in [1.165, 1.54) is 17.0 Å². The van der Waals surface area contributed by atoms with E-state index in [-0.39, 0.29) is 18.4 Å². The average Bonchev–Trinajstić information content (AvgIpc) is 2.81. The lowest BCUT2D eigenvalue weighted by molar-refractivity contribution is -0.122. The molecule has 1 atom stereocenters. The summed E-state index contributed by atoms with van der Waals surface area (Å²) in [6, 6.07) is 12.0. The maximum atomic E-state index is 12.9. The third kappa shape index (κ3) is 2.90. The zero-order chi connectivity index (χ0) is 17.3. The summed E-state index contributed by atoms with van der Waals surface area (Å²) in [5, 5.41) is 2.74. The van der Waals surface area contributed by atoms with Crippen molar-refractivity contribution >= 4 is 23.3 Å². The standard InChI is InChI=1S/C18H15FN2O3/c1-11(12-6-8-13(19)9-7-12)20-16(22)10-21-15-5-3-2-4-14(15)17(23)18(21)24/h2-9,11H,10H2,1H3,(H,20,22)/t11-/m1/s1. The Morgan fingerprint density at radius 2 is 1.79 bits per heavy atom. The molecule has 1 heterocycles. The number of nitrogens with one attached hydrogen (secondary N) is 1. The summed E-state index contributed by atoms with van der Waals surface area (Å²) in [6.45, 7) is 1.52. The summed E-state index contributed by atoms with van der Waals surface area (Å²) < 4.78 is 12.9.